The first-order valence-electron chi connectivity index (χ1n) is 4.43. The zero-order chi connectivity index (χ0) is 9.80. The van der Waals surface area contributed by atoms with Crippen LogP contribution >= 0.6 is 11.8 Å². The Hall–Kier alpha value is -1.43. The van der Waals surface area contributed by atoms with Gasteiger partial charge in [0.25, 0.3) is 0 Å². The molecule has 0 aliphatic heterocycles. The molecule has 1 aliphatic carbocycles. The number of hydrogen-bond donors (Lipinski definition) is 0. The number of allylic oxidation sites excluding steroid dienone is 4. The van der Waals surface area contributed by atoms with Crippen LogP contribution in [0.3, 0.4) is 0 Å². The average Bonchev–Trinajstić information content (AvgIpc) is 2.23. The molecule has 14 heavy (non-hydrogen) atoms. The number of benzene rings is 1. The Bertz CT molecular complexity index is 385. The van der Waals surface area contributed by atoms with E-state index < -0.39 is 0 Å². The molecule has 68 valence electrons. The Balaban J connectivity index is 2.12. The van der Waals surface area contributed by atoms with Gasteiger partial charge in [0, 0.05) is 0 Å². The maximum atomic E-state index is 5.85. The van der Waals surface area contributed by atoms with Crippen molar-refractivity contribution in [1.82, 2.24) is 0 Å². The second-order valence-corrected chi connectivity index (χ2v) is 4.07. The topological polar surface area (TPSA) is 0 Å². The van der Waals surface area contributed by atoms with Crippen LogP contribution < -0.4 is 0 Å². The summed E-state index contributed by atoms with van der Waals surface area (Å²) in [6.07, 6.45) is 7.91. The maximum Gasteiger partial charge on any atom is -0.000413 e. The highest BCUT2D eigenvalue weighted by molar-refractivity contribution is 8.03. The minimum absolute atomic E-state index is 0.835. The third-order valence-corrected chi connectivity index (χ3v) is 2.99. The van der Waals surface area contributed by atoms with Crippen LogP contribution in [0.15, 0.2) is 63.9 Å². The molecule has 0 N–H and O–H groups in total. The minimum atomic E-state index is 0.835. The van der Waals surface area contributed by atoms with Crippen molar-refractivity contribution in [3.05, 3.63) is 72.0 Å². The van der Waals surface area contributed by atoms with E-state index in [9.17, 15) is 0 Å². The quantitative estimate of drug-likeness (QED) is 0.651. The van der Waals surface area contributed by atoms with Crippen LogP contribution in [-0.2, 0) is 0 Å². The Morgan fingerprint density at radius 3 is 2.64 bits per heavy atom. The van der Waals surface area contributed by atoms with Gasteiger partial charge in [-0.05, 0) is 22.6 Å². The molecule has 0 radical (unpaired) electrons. The largest absolute Gasteiger partial charge is 0.170 e. The predicted molar refractivity (Wildman–Crippen MR) is 61.6 cm³/mol. The van der Waals surface area contributed by atoms with Gasteiger partial charge in [-0.2, -0.15) is 30.3 Å². The highest BCUT2D eigenvalue weighted by Gasteiger charge is 1.99. The van der Waals surface area contributed by atoms with Gasteiger partial charge in [0.2, 0.25) is 0 Å². The van der Waals surface area contributed by atoms with E-state index in [0.717, 1.165) is 10.5 Å². The van der Waals surface area contributed by atoms with Crippen molar-refractivity contribution in [1.29, 1.82) is 0 Å². The molecular formula is C13H10S. The second-order valence-electron chi connectivity index (χ2n) is 2.95. The van der Waals surface area contributed by atoms with E-state index in [0.29, 0.717) is 0 Å². The molecule has 0 aromatic heterocycles. The Morgan fingerprint density at radius 1 is 1.14 bits per heavy atom. The summed E-state index contributed by atoms with van der Waals surface area (Å²) < 4.78 is 0. The van der Waals surface area contributed by atoms with Crippen molar-refractivity contribution < 1.29 is 0 Å². The molecular weight excluding hydrogens is 188 g/mol. The van der Waals surface area contributed by atoms with Gasteiger partial charge in [0.1, 0.15) is 0 Å². The van der Waals surface area contributed by atoms with Gasteiger partial charge in [-0.1, -0.05) is 29.7 Å². The number of rotatable bonds is 2. The molecule has 0 atom stereocenters. The Kier molecular flexibility index (Phi) is 2.73. The van der Waals surface area contributed by atoms with Crippen LogP contribution in [0.1, 0.15) is 0 Å². The minimum Gasteiger partial charge on any atom is -0.170 e. The summed E-state index contributed by atoms with van der Waals surface area (Å²) in [4.78, 5) is 2.32. The molecule has 2 rings (SSSR count). The molecule has 1 aliphatic rings. The summed E-state index contributed by atoms with van der Waals surface area (Å²) in [5, 5.41) is 0. The fourth-order valence-corrected chi connectivity index (χ4v) is 2.07. The Morgan fingerprint density at radius 2 is 1.93 bits per heavy atom. The zero-order valence-electron chi connectivity index (χ0n) is 7.68. The zero-order valence-corrected chi connectivity index (χ0v) is 8.50. The smallest absolute Gasteiger partial charge is 0.000413 e. The van der Waals surface area contributed by atoms with Crippen molar-refractivity contribution in [2.45, 2.75) is 4.90 Å². The third-order valence-electron chi connectivity index (χ3n) is 1.89. The monoisotopic (exact) mass is 198 g/mol. The van der Waals surface area contributed by atoms with Crippen molar-refractivity contribution in [3.8, 4) is 0 Å². The van der Waals surface area contributed by atoms with Gasteiger partial charge < -0.3 is 0 Å². The summed E-state index contributed by atoms with van der Waals surface area (Å²) >= 11 is 1.69. The van der Waals surface area contributed by atoms with Crippen LogP contribution in [0.25, 0.3) is 0 Å². The lowest BCUT2D eigenvalue weighted by molar-refractivity contribution is 1.46. The molecule has 0 bridgehead atoms. The standard InChI is InChI=1S/C13H10S/c1-11-7-5-6-10-13(11)14-12-8-3-2-4-9-12/h1-10H. The molecule has 0 saturated heterocycles. The van der Waals surface area contributed by atoms with E-state index in [1.807, 2.05) is 42.8 Å². The molecule has 0 unspecified atom stereocenters. The highest BCUT2D eigenvalue weighted by Crippen LogP contribution is 2.33. The first kappa shape index (κ1) is 9.14. The van der Waals surface area contributed by atoms with Crippen molar-refractivity contribution >= 4 is 11.8 Å². The number of hydrogen-bond acceptors (Lipinski definition) is 1. The van der Waals surface area contributed by atoms with E-state index in [1.54, 1.807) is 11.8 Å². The van der Waals surface area contributed by atoms with E-state index in [2.05, 4.69) is 12.1 Å². The normalized spacial score (nSPS) is 14.8. The number of thioether (sulfide) groups is 1. The molecule has 0 heterocycles. The summed E-state index contributed by atoms with van der Waals surface area (Å²) in [6, 6.07) is 10.2. The fourth-order valence-electron chi connectivity index (χ4n) is 1.19. The van der Waals surface area contributed by atoms with Crippen LogP contribution in [-0.4, -0.2) is 0 Å². The molecule has 0 nitrogen and oxygen atoms in total. The molecule has 0 fully saturated rings. The van der Waals surface area contributed by atoms with Crippen molar-refractivity contribution in [3.63, 3.8) is 0 Å². The van der Waals surface area contributed by atoms with Gasteiger partial charge in [0.15, 0.2) is 0 Å². The van der Waals surface area contributed by atoms with Gasteiger partial charge in [-0.15, -0.1) is 6.08 Å². The van der Waals surface area contributed by atoms with Gasteiger partial charge >= 0.3 is 0 Å². The summed E-state index contributed by atoms with van der Waals surface area (Å²) in [6.45, 7) is 5.85. The van der Waals surface area contributed by atoms with Crippen LogP contribution in [0.4, 0.5) is 0 Å². The van der Waals surface area contributed by atoms with Gasteiger partial charge in [0.05, 0.1) is 0 Å². The lowest BCUT2D eigenvalue weighted by Gasteiger charge is -2.15. The molecule has 0 spiro atoms. The van der Waals surface area contributed by atoms with E-state index >= 15 is 0 Å². The van der Waals surface area contributed by atoms with Crippen LogP contribution in [0.5, 0.6) is 0 Å². The Labute approximate surface area is 89.0 Å². The average molecular weight is 198 g/mol. The van der Waals surface area contributed by atoms with Crippen molar-refractivity contribution in [2.75, 3.05) is 0 Å². The highest BCUT2D eigenvalue weighted by atomic mass is 32.2. The second kappa shape index (κ2) is 4.19. The van der Waals surface area contributed by atoms with Gasteiger partial charge in [-0.3, -0.25) is 0 Å². The molecule has 0 saturated carbocycles. The first-order valence-corrected chi connectivity index (χ1v) is 5.25. The molecule has 1 heteroatoms. The lowest BCUT2D eigenvalue weighted by atomic mass is 10.1. The van der Waals surface area contributed by atoms with E-state index in [-0.39, 0.29) is 0 Å². The maximum absolute atomic E-state index is 5.85. The van der Waals surface area contributed by atoms with Gasteiger partial charge in [-0.25, -0.2) is 0 Å². The summed E-state index contributed by atoms with van der Waals surface area (Å²) in [5.41, 5.74) is 0.835. The van der Waals surface area contributed by atoms with E-state index in [1.165, 1.54) is 4.90 Å². The summed E-state index contributed by atoms with van der Waals surface area (Å²) in [5.74, 6) is 0. The molecule has 1 aromatic carbocycles. The van der Waals surface area contributed by atoms with Crippen LogP contribution in [0, 0.1) is 13.0 Å². The predicted octanol–water partition coefficient (Wildman–Crippen LogP) is 3.80. The van der Waals surface area contributed by atoms with Crippen LogP contribution in [0.2, 0.25) is 0 Å². The third kappa shape index (κ3) is 2.08. The van der Waals surface area contributed by atoms with Crippen molar-refractivity contribution in [2.24, 2.45) is 0 Å². The molecule has 0 amide bonds. The first-order chi connectivity index (χ1) is 6.86. The lowest BCUT2D eigenvalue weighted by Crippen LogP contribution is -1.86. The van der Waals surface area contributed by atoms with E-state index in [4.69, 9.17) is 6.58 Å². The molecule has 1 aromatic rings. The SMILES string of the molecule is [CH+]=C1C=C[CH-]C=C1Sc1ccccc1. The fraction of sp³-hybridized carbons (Fsp3) is 0. The summed E-state index contributed by atoms with van der Waals surface area (Å²) in [7, 11) is 0.